The van der Waals surface area contributed by atoms with Crippen molar-refractivity contribution < 1.29 is 13.6 Å². The first kappa shape index (κ1) is 11.8. The second kappa shape index (κ2) is 4.97. The minimum absolute atomic E-state index is 0.123. The highest BCUT2D eigenvalue weighted by Gasteiger charge is 2.11. The number of carbonyl (C=O) groups is 1. The lowest BCUT2D eigenvalue weighted by molar-refractivity contribution is -0.113. The summed E-state index contributed by atoms with van der Waals surface area (Å²) < 4.78 is 25.8. The van der Waals surface area contributed by atoms with Crippen molar-refractivity contribution in [3.8, 4) is 0 Å². The van der Waals surface area contributed by atoms with E-state index in [9.17, 15) is 13.6 Å². The molecule has 0 spiro atoms. The van der Waals surface area contributed by atoms with Crippen LogP contribution in [0.1, 0.15) is 0 Å². The zero-order valence-electron chi connectivity index (χ0n) is 8.01. The van der Waals surface area contributed by atoms with Gasteiger partial charge in [-0.15, -0.1) is 0 Å². The average molecular weight is 232 g/mol. The second-order valence-electron chi connectivity index (χ2n) is 2.83. The van der Waals surface area contributed by atoms with Gasteiger partial charge >= 0.3 is 0 Å². The van der Waals surface area contributed by atoms with Crippen molar-refractivity contribution in [2.75, 3.05) is 23.1 Å². The third-order valence-corrected chi connectivity index (χ3v) is 2.18. The molecule has 0 saturated carbocycles. The zero-order valence-corrected chi connectivity index (χ0v) is 8.83. The third kappa shape index (κ3) is 3.09. The van der Waals surface area contributed by atoms with E-state index >= 15 is 0 Å². The fraction of sp³-hybridized carbons (Fsp3) is 0.222. The summed E-state index contributed by atoms with van der Waals surface area (Å²) in [7, 11) is 0. The highest BCUT2D eigenvalue weighted by atomic mass is 32.2. The molecule has 0 heterocycles. The second-order valence-corrected chi connectivity index (χ2v) is 3.70. The van der Waals surface area contributed by atoms with Crippen LogP contribution in [0.2, 0.25) is 0 Å². The minimum Gasteiger partial charge on any atom is -0.397 e. The summed E-state index contributed by atoms with van der Waals surface area (Å²) in [5, 5.41) is 2.28. The van der Waals surface area contributed by atoms with Gasteiger partial charge in [-0.1, -0.05) is 0 Å². The van der Waals surface area contributed by atoms with Crippen LogP contribution in [0.15, 0.2) is 12.1 Å². The number of nitrogens with one attached hydrogen (secondary N) is 1. The maximum absolute atomic E-state index is 13.2. The number of carbonyl (C=O) groups excluding carboxylic acids is 1. The summed E-state index contributed by atoms with van der Waals surface area (Å²) in [6.45, 7) is 0. The van der Waals surface area contributed by atoms with Gasteiger partial charge in [0.1, 0.15) is 11.5 Å². The molecular formula is C9H10F2N2OS. The van der Waals surface area contributed by atoms with Crippen LogP contribution in [-0.4, -0.2) is 17.9 Å². The minimum atomic E-state index is -0.873. The van der Waals surface area contributed by atoms with Crippen molar-refractivity contribution in [2.24, 2.45) is 0 Å². The van der Waals surface area contributed by atoms with Gasteiger partial charge in [0.25, 0.3) is 0 Å². The molecule has 3 N–H and O–H groups in total. The first-order valence-electron chi connectivity index (χ1n) is 4.08. The Balaban J connectivity index is 2.90. The molecule has 0 aliphatic rings. The molecule has 0 fully saturated rings. The van der Waals surface area contributed by atoms with Crippen LogP contribution in [0.3, 0.4) is 0 Å². The number of benzene rings is 1. The highest BCUT2D eigenvalue weighted by molar-refractivity contribution is 7.99. The molecule has 3 nitrogen and oxygen atoms in total. The first-order chi connectivity index (χ1) is 7.04. The smallest absolute Gasteiger partial charge is 0.234 e. The van der Waals surface area contributed by atoms with Gasteiger partial charge in [-0.05, 0) is 12.3 Å². The lowest BCUT2D eigenvalue weighted by Gasteiger charge is -2.08. The summed E-state index contributed by atoms with van der Waals surface area (Å²) in [6, 6.07) is 1.63. The SMILES string of the molecule is CSCC(=O)Nc1c(N)cc(F)cc1F. The monoisotopic (exact) mass is 232 g/mol. The van der Waals surface area contributed by atoms with E-state index in [0.29, 0.717) is 6.07 Å². The Hall–Kier alpha value is -1.30. The summed E-state index contributed by atoms with van der Waals surface area (Å²) in [4.78, 5) is 11.2. The Bertz CT molecular complexity index is 361. The number of halogens is 2. The molecule has 15 heavy (non-hydrogen) atoms. The molecule has 0 aliphatic carbocycles. The molecule has 0 radical (unpaired) electrons. The Morgan fingerprint density at radius 2 is 2.20 bits per heavy atom. The summed E-state index contributed by atoms with van der Waals surface area (Å²) >= 11 is 1.29. The largest absolute Gasteiger partial charge is 0.397 e. The maximum Gasteiger partial charge on any atom is 0.234 e. The number of nitrogens with two attached hydrogens (primary N) is 1. The normalized spacial score (nSPS) is 10.1. The molecule has 6 heteroatoms. The Labute approximate surface area is 90.0 Å². The number of rotatable bonds is 3. The number of nitrogen functional groups attached to an aromatic ring is 1. The topological polar surface area (TPSA) is 55.1 Å². The third-order valence-electron chi connectivity index (χ3n) is 1.63. The molecule has 0 unspecified atom stereocenters. The molecule has 0 aromatic heterocycles. The van der Waals surface area contributed by atoms with E-state index in [-0.39, 0.29) is 23.0 Å². The number of anilines is 2. The molecule has 0 aliphatic heterocycles. The molecule has 0 saturated heterocycles. The summed E-state index contributed by atoms with van der Waals surface area (Å²) in [5.74, 6) is -1.83. The van der Waals surface area contributed by atoms with Gasteiger partial charge in [-0.3, -0.25) is 4.79 Å². The van der Waals surface area contributed by atoms with Gasteiger partial charge in [0.05, 0.1) is 11.4 Å². The standard InChI is InChI=1S/C9H10F2N2OS/c1-15-4-8(14)13-9-6(11)2-5(10)3-7(9)12/h2-3H,4,12H2,1H3,(H,13,14). The van der Waals surface area contributed by atoms with E-state index in [2.05, 4.69) is 5.32 Å². The fourth-order valence-corrected chi connectivity index (χ4v) is 1.37. The molecule has 1 aromatic rings. The van der Waals surface area contributed by atoms with E-state index in [1.165, 1.54) is 11.8 Å². The Kier molecular flexibility index (Phi) is 3.90. The number of amides is 1. The summed E-state index contributed by atoms with van der Waals surface area (Å²) in [5.41, 5.74) is 5.07. The van der Waals surface area contributed by atoms with E-state index in [1.807, 2.05) is 0 Å². The quantitative estimate of drug-likeness (QED) is 0.782. The number of thioether (sulfide) groups is 1. The molecule has 1 aromatic carbocycles. The Morgan fingerprint density at radius 1 is 1.53 bits per heavy atom. The van der Waals surface area contributed by atoms with Crippen molar-refractivity contribution in [2.45, 2.75) is 0 Å². The van der Waals surface area contributed by atoms with Crippen molar-refractivity contribution >= 4 is 29.0 Å². The molecular weight excluding hydrogens is 222 g/mol. The van der Waals surface area contributed by atoms with E-state index in [1.54, 1.807) is 6.26 Å². The first-order valence-corrected chi connectivity index (χ1v) is 5.47. The van der Waals surface area contributed by atoms with Gasteiger partial charge in [-0.2, -0.15) is 11.8 Å². The van der Waals surface area contributed by atoms with E-state index in [4.69, 9.17) is 5.73 Å². The summed E-state index contributed by atoms with van der Waals surface area (Å²) in [6.07, 6.45) is 1.74. The predicted octanol–water partition coefficient (Wildman–Crippen LogP) is 1.85. The van der Waals surface area contributed by atoms with Crippen LogP contribution in [0, 0.1) is 11.6 Å². The number of hydrogen-bond donors (Lipinski definition) is 2. The zero-order chi connectivity index (χ0) is 11.4. The van der Waals surface area contributed by atoms with Crippen LogP contribution in [0.25, 0.3) is 0 Å². The number of hydrogen-bond acceptors (Lipinski definition) is 3. The lowest BCUT2D eigenvalue weighted by Crippen LogP contribution is -2.16. The van der Waals surface area contributed by atoms with Crippen molar-refractivity contribution in [3.05, 3.63) is 23.8 Å². The Morgan fingerprint density at radius 3 is 2.73 bits per heavy atom. The van der Waals surface area contributed by atoms with Gasteiger partial charge in [0.15, 0.2) is 5.82 Å². The molecule has 0 bridgehead atoms. The van der Waals surface area contributed by atoms with Crippen LogP contribution in [0.5, 0.6) is 0 Å². The van der Waals surface area contributed by atoms with Crippen LogP contribution < -0.4 is 11.1 Å². The fourth-order valence-electron chi connectivity index (χ4n) is 1.03. The highest BCUT2D eigenvalue weighted by Crippen LogP contribution is 2.23. The maximum atomic E-state index is 13.2. The van der Waals surface area contributed by atoms with E-state index < -0.39 is 11.6 Å². The molecule has 0 atom stereocenters. The predicted molar refractivity (Wildman–Crippen MR) is 57.8 cm³/mol. The van der Waals surface area contributed by atoms with Crippen molar-refractivity contribution in [1.29, 1.82) is 0 Å². The van der Waals surface area contributed by atoms with Crippen LogP contribution >= 0.6 is 11.8 Å². The van der Waals surface area contributed by atoms with Crippen molar-refractivity contribution in [3.63, 3.8) is 0 Å². The molecule has 82 valence electrons. The van der Waals surface area contributed by atoms with Gasteiger partial charge in [0, 0.05) is 6.07 Å². The van der Waals surface area contributed by atoms with Gasteiger partial charge in [-0.25, -0.2) is 8.78 Å². The van der Waals surface area contributed by atoms with E-state index in [0.717, 1.165) is 6.07 Å². The van der Waals surface area contributed by atoms with Gasteiger partial charge in [0.2, 0.25) is 5.91 Å². The van der Waals surface area contributed by atoms with Gasteiger partial charge < -0.3 is 11.1 Å². The molecule has 1 rings (SSSR count). The van der Waals surface area contributed by atoms with Crippen LogP contribution in [0.4, 0.5) is 20.2 Å². The van der Waals surface area contributed by atoms with Crippen LogP contribution in [-0.2, 0) is 4.79 Å². The molecule has 1 amide bonds. The lowest BCUT2D eigenvalue weighted by atomic mass is 10.2. The average Bonchev–Trinajstić information content (AvgIpc) is 2.11. The van der Waals surface area contributed by atoms with Crippen molar-refractivity contribution in [1.82, 2.24) is 0 Å².